The molecule has 3 heteroatoms. The Labute approximate surface area is 59.1 Å². The largest absolute Gasteiger partial charge is 0.445 e. The lowest BCUT2D eigenvalue weighted by Crippen LogP contribution is -2.11. The van der Waals surface area contributed by atoms with E-state index in [2.05, 4.69) is 4.98 Å². The Hall–Kier alpha value is -0.860. The van der Waals surface area contributed by atoms with Crippen molar-refractivity contribution in [1.29, 1.82) is 0 Å². The Kier molecular flexibility index (Phi) is 1.50. The van der Waals surface area contributed by atoms with Crippen molar-refractivity contribution in [2.75, 3.05) is 0 Å². The van der Waals surface area contributed by atoms with Crippen LogP contribution in [0.4, 0.5) is 4.39 Å². The van der Waals surface area contributed by atoms with Gasteiger partial charge in [-0.3, -0.25) is 0 Å². The first kappa shape index (κ1) is 7.25. The van der Waals surface area contributed by atoms with Gasteiger partial charge in [-0.2, -0.15) is 9.37 Å². The van der Waals surface area contributed by atoms with E-state index in [1.54, 1.807) is 0 Å². The van der Waals surface area contributed by atoms with E-state index in [0.717, 1.165) is 6.26 Å². The van der Waals surface area contributed by atoms with E-state index in [-0.39, 0.29) is 5.41 Å². The van der Waals surface area contributed by atoms with Gasteiger partial charge in [-0.25, -0.2) is 0 Å². The number of aromatic nitrogens is 1. The summed E-state index contributed by atoms with van der Waals surface area (Å²) < 4.78 is 17.1. The minimum absolute atomic E-state index is 0.204. The van der Waals surface area contributed by atoms with Crippen molar-refractivity contribution in [1.82, 2.24) is 4.98 Å². The van der Waals surface area contributed by atoms with Gasteiger partial charge in [-0.15, -0.1) is 0 Å². The molecular weight excluding hydrogens is 133 g/mol. The number of halogens is 1. The molecule has 0 spiro atoms. The van der Waals surface area contributed by atoms with Gasteiger partial charge in [0, 0.05) is 5.41 Å². The summed E-state index contributed by atoms with van der Waals surface area (Å²) in [6, 6.07) is 0. The van der Waals surface area contributed by atoms with E-state index < -0.39 is 5.95 Å². The van der Waals surface area contributed by atoms with Gasteiger partial charge >= 0.3 is 0 Å². The summed E-state index contributed by atoms with van der Waals surface area (Å²) in [5.41, 5.74) is -0.204. The Balaban J connectivity index is 2.96. The average Bonchev–Trinajstić information content (AvgIpc) is 2.11. The summed E-state index contributed by atoms with van der Waals surface area (Å²) in [5.74, 6) is -0.116. The van der Waals surface area contributed by atoms with E-state index in [1.807, 2.05) is 20.8 Å². The first-order valence-corrected chi connectivity index (χ1v) is 3.11. The van der Waals surface area contributed by atoms with E-state index in [1.165, 1.54) is 0 Å². The molecule has 0 bridgehead atoms. The molecule has 1 aromatic rings. The highest BCUT2D eigenvalue weighted by Gasteiger charge is 2.19. The van der Waals surface area contributed by atoms with Gasteiger partial charge in [-0.1, -0.05) is 20.8 Å². The second-order valence-corrected chi connectivity index (χ2v) is 3.23. The van der Waals surface area contributed by atoms with Crippen LogP contribution in [0.1, 0.15) is 26.7 Å². The fourth-order valence-corrected chi connectivity index (χ4v) is 0.599. The Morgan fingerprint density at radius 3 is 2.30 bits per heavy atom. The predicted octanol–water partition coefficient (Wildman–Crippen LogP) is 2.11. The molecular formula is C7H10FNO. The lowest BCUT2D eigenvalue weighted by molar-refractivity contribution is 0.392. The zero-order valence-electron chi connectivity index (χ0n) is 6.31. The van der Waals surface area contributed by atoms with Crippen molar-refractivity contribution in [3.8, 4) is 0 Å². The van der Waals surface area contributed by atoms with Crippen LogP contribution < -0.4 is 0 Å². The number of hydrogen-bond acceptors (Lipinski definition) is 2. The maximum Gasteiger partial charge on any atom is 0.251 e. The van der Waals surface area contributed by atoms with E-state index in [9.17, 15) is 4.39 Å². The van der Waals surface area contributed by atoms with Gasteiger partial charge in [0.25, 0.3) is 5.95 Å². The van der Waals surface area contributed by atoms with Crippen LogP contribution in [-0.2, 0) is 5.41 Å². The van der Waals surface area contributed by atoms with Crippen molar-refractivity contribution in [3.05, 3.63) is 18.1 Å². The van der Waals surface area contributed by atoms with Gasteiger partial charge in [0.15, 0.2) is 0 Å². The molecule has 0 N–H and O–H groups in total. The SMILES string of the molecule is CC(C)(C)c1nc(F)co1. The molecule has 0 amide bonds. The Bertz CT molecular complexity index is 224. The van der Waals surface area contributed by atoms with E-state index in [0.29, 0.717) is 5.89 Å². The molecule has 56 valence electrons. The second-order valence-electron chi connectivity index (χ2n) is 3.23. The third-order valence-electron chi connectivity index (χ3n) is 1.12. The van der Waals surface area contributed by atoms with Gasteiger partial charge in [0.2, 0.25) is 5.89 Å². The monoisotopic (exact) mass is 143 g/mol. The first-order valence-electron chi connectivity index (χ1n) is 3.11. The molecule has 0 atom stereocenters. The third-order valence-corrected chi connectivity index (χ3v) is 1.12. The van der Waals surface area contributed by atoms with Crippen molar-refractivity contribution < 1.29 is 8.81 Å². The van der Waals surface area contributed by atoms with Crippen LogP contribution in [0.2, 0.25) is 0 Å². The minimum atomic E-state index is -0.551. The number of rotatable bonds is 0. The molecule has 1 rings (SSSR count). The van der Waals surface area contributed by atoms with Crippen molar-refractivity contribution in [2.45, 2.75) is 26.2 Å². The Morgan fingerprint density at radius 2 is 2.10 bits per heavy atom. The van der Waals surface area contributed by atoms with Crippen molar-refractivity contribution in [2.24, 2.45) is 0 Å². The highest BCUT2D eigenvalue weighted by Crippen LogP contribution is 2.20. The summed E-state index contributed by atoms with van der Waals surface area (Å²) in [5, 5.41) is 0. The second kappa shape index (κ2) is 2.08. The topological polar surface area (TPSA) is 26.0 Å². The van der Waals surface area contributed by atoms with Crippen LogP contribution in [0.5, 0.6) is 0 Å². The molecule has 1 aromatic heterocycles. The summed E-state index contributed by atoms with van der Waals surface area (Å²) >= 11 is 0. The standard InChI is InChI=1S/C7H10FNO/c1-7(2,3)6-9-5(8)4-10-6/h4H,1-3H3. The molecule has 10 heavy (non-hydrogen) atoms. The summed E-state index contributed by atoms with van der Waals surface area (Å²) in [4.78, 5) is 3.55. The van der Waals surface area contributed by atoms with Crippen LogP contribution >= 0.6 is 0 Å². The third kappa shape index (κ3) is 1.35. The van der Waals surface area contributed by atoms with Gasteiger partial charge < -0.3 is 4.42 Å². The van der Waals surface area contributed by atoms with Crippen molar-refractivity contribution >= 4 is 0 Å². The van der Waals surface area contributed by atoms with Gasteiger partial charge in [0.1, 0.15) is 6.26 Å². The molecule has 1 heterocycles. The summed E-state index contributed by atoms with van der Waals surface area (Å²) in [7, 11) is 0. The molecule has 0 saturated carbocycles. The van der Waals surface area contributed by atoms with Crippen LogP contribution in [0, 0.1) is 5.95 Å². The average molecular weight is 143 g/mol. The molecule has 0 aliphatic carbocycles. The molecule has 0 aliphatic rings. The Morgan fingerprint density at radius 1 is 1.50 bits per heavy atom. The van der Waals surface area contributed by atoms with E-state index in [4.69, 9.17) is 4.42 Å². The lowest BCUT2D eigenvalue weighted by atomic mass is 9.97. The molecule has 0 aliphatic heterocycles. The fourth-order valence-electron chi connectivity index (χ4n) is 0.599. The smallest absolute Gasteiger partial charge is 0.251 e. The minimum Gasteiger partial charge on any atom is -0.445 e. The highest BCUT2D eigenvalue weighted by atomic mass is 19.1. The molecule has 2 nitrogen and oxygen atoms in total. The zero-order valence-corrected chi connectivity index (χ0v) is 6.31. The maximum atomic E-state index is 12.3. The zero-order chi connectivity index (χ0) is 7.78. The van der Waals surface area contributed by atoms with Crippen LogP contribution in [0.3, 0.4) is 0 Å². The molecule has 0 unspecified atom stereocenters. The van der Waals surface area contributed by atoms with Crippen LogP contribution in [0.15, 0.2) is 10.7 Å². The quantitative estimate of drug-likeness (QED) is 0.556. The molecule has 0 aromatic carbocycles. The highest BCUT2D eigenvalue weighted by molar-refractivity contribution is 4.96. The van der Waals surface area contributed by atoms with Crippen molar-refractivity contribution in [3.63, 3.8) is 0 Å². The number of nitrogens with zero attached hydrogens (tertiary/aromatic N) is 1. The van der Waals surface area contributed by atoms with Gasteiger partial charge in [-0.05, 0) is 0 Å². The maximum absolute atomic E-state index is 12.3. The summed E-state index contributed by atoms with van der Waals surface area (Å²) in [6.45, 7) is 5.74. The van der Waals surface area contributed by atoms with Crippen LogP contribution in [-0.4, -0.2) is 4.98 Å². The molecule has 0 fully saturated rings. The van der Waals surface area contributed by atoms with Crippen LogP contribution in [0.25, 0.3) is 0 Å². The fraction of sp³-hybridized carbons (Fsp3) is 0.571. The summed E-state index contributed by atoms with van der Waals surface area (Å²) in [6.07, 6.45) is 1.01. The lowest BCUT2D eigenvalue weighted by Gasteiger charge is -2.11. The first-order chi connectivity index (χ1) is 4.50. The van der Waals surface area contributed by atoms with Gasteiger partial charge in [0.05, 0.1) is 0 Å². The van der Waals surface area contributed by atoms with E-state index >= 15 is 0 Å². The predicted molar refractivity (Wildman–Crippen MR) is 35.2 cm³/mol. The molecule has 0 radical (unpaired) electrons. The number of oxazole rings is 1. The molecule has 0 saturated heterocycles. The normalized spacial score (nSPS) is 12.0. The number of hydrogen-bond donors (Lipinski definition) is 0.